The SMILES string of the molecule is CCCCCCCCCCCCCCc1ccccc1OC(=O)C(CC(=O)O)S(=O)(=O)O.[H-].[Na+]. The summed E-state index contributed by atoms with van der Waals surface area (Å²) in [5.41, 5.74) is 0.748. The van der Waals surface area contributed by atoms with Gasteiger partial charge in [0.1, 0.15) is 5.75 Å². The van der Waals surface area contributed by atoms with Crippen molar-refractivity contribution in [2.24, 2.45) is 0 Å². The zero-order chi connectivity index (χ0) is 23.8. The van der Waals surface area contributed by atoms with Gasteiger partial charge >= 0.3 is 41.5 Å². The van der Waals surface area contributed by atoms with E-state index in [2.05, 4.69) is 6.92 Å². The van der Waals surface area contributed by atoms with Crippen molar-refractivity contribution >= 4 is 22.1 Å². The van der Waals surface area contributed by atoms with Gasteiger partial charge in [-0.15, -0.1) is 0 Å². The number of aryl methyl sites for hydroxylation is 1. The largest absolute Gasteiger partial charge is 1.00 e. The van der Waals surface area contributed by atoms with Crippen LogP contribution in [0.25, 0.3) is 0 Å². The second-order valence-electron chi connectivity index (χ2n) is 8.27. The summed E-state index contributed by atoms with van der Waals surface area (Å²) in [5, 5.41) is 6.66. The van der Waals surface area contributed by atoms with Crippen LogP contribution in [0.4, 0.5) is 0 Å². The Morgan fingerprint density at radius 3 is 1.88 bits per heavy atom. The Labute approximate surface area is 222 Å². The first-order chi connectivity index (χ1) is 15.3. The van der Waals surface area contributed by atoms with Crippen LogP contribution in [0.3, 0.4) is 0 Å². The molecule has 2 N–H and O–H groups in total. The molecule has 0 spiro atoms. The molecule has 1 aromatic carbocycles. The summed E-state index contributed by atoms with van der Waals surface area (Å²) in [6, 6.07) is 6.77. The Balaban J connectivity index is 0. The quantitative estimate of drug-likeness (QED) is 0.106. The van der Waals surface area contributed by atoms with E-state index in [9.17, 15) is 22.6 Å². The standard InChI is InChI=1S/C24H38O7S.Na.H/c1-2-3-4-5-6-7-8-9-10-11-12-13-16-20-17-14-15-18-21(20)31-24(27)22(19-23(25)26)32(28,29)30;;/h14-15,17-18,22H,2-13,16,19H2,1H3,(H,25,26)(H,28,29,30);;/q;+1;-1. The number of esters is 1. The van der Waals surface area contributed by atoms with Crippen molar-refractivity contribution in [3.8, 4) is 5.75 Å². The van der Waals surface area contributed by atoms with Crippen molar-refractivity contribution < 1.29 is 63.4 Å². The van der Waals surface area contributed by atoms with Crippen LogP contribution < -0.4 is 34.3 Å². The molecule has 0 bridgehead atoms. The van der Waals surface area contributed by atoms with Crippen molar-refractivity contribution in [2.75, 3.05) is 0 Å². The number of carboxylic acid groups (broad SMARTS) is 1. The predicted octanol–water partition coefficient (Wildman–Crippen LogP) is 2.68. The molecule has 0 aliphatic heterocycles. The molecule has 9 heteroatoms. The van der Waals surface area contributed by atoms with Gasteiger partial charge in [-0.05, 0) is 24.5 Å². The third-order valence-corrected chi connectivity index (χ3v) is 6.54. The third kappa shape index (κ3) is 14.8. The molecule has 0 aromatic heterocycles. The summed E-state index contributed by atoms with van der Waals surface area (Å²) in [7, 11) is -4.89. The number of benzene rings is 1. The van der Waals surface area contributed by atoms with Gasteiger partial charge in [-0.1, -0.05) is 95.8 Å². The van der Waals surface area contributed by atoms with Crippen LogP contribution >= 0.6 is 0 Å². The van der Waals surface area contributed by atoms with Gasteiger partial charge in [0, 0.05) is 0 Å². The average Bonchev–Trinajstić information content (AvgIpc) is 2.73. The summed E-state index contributed by atoms with van der Waals surface area (Å²) in [5.74, 6) is -2.62. The molecule has 0 radical (unpaired) electrons. The average molecular weight is 495 g/mol. The van der Waals surface area contributed by atoms with Gasteiger partial charge in [0.2, 0.25) is 0 Å². The summed E-state index contributed by atoms with van der Waals surface area (Å²) in [4.78, 5) is 23.0. The second kappa shape index (κ2) is 18.4. The normalized spacial score (nSPS) is 12.1. The van der Waals surface area contributed by atoms with E-state index >= 15 is 0 Å². The van der Waals surface area contributed by atoms with Crippen LogP contribution in [-0.2, 0) is 26.1 Å². The molecule has 0 saturated carbocycles. The molecule has 1 atom stereocenters. The van der Waals surface area contributed by atoms with Crippen LogP contribution in [0.2, 0.25) is 0 Å². The fourth-order valence-electron chi connectivity index (χ4n) is 3.61. The molecule has 0 aliphatic rings. The number of hydrogen-bond acceptors (Lipinski definition) is 5. The zero-order valence-corrected chi connectivity index (χ0v) is 22.9. The first-order valence-corrected chi connectivity index (χ1v) is 13.2. The minimum absolute atomic E-state index is 0. The van der Waals surface area contributed by atoms with Crippen molar-refractivity contribution in [3.05, 3.63) is 29.8 Å². The Hall–Kier alpha value is -0.930. The Morgan fingerprint density at radius 2 is 1.39 bits per heavy atom. The zero-order valence-electron chi connectivity index (χ0n) is 21.1. The predicted molar refractivity (Wildman–Crippen MR) is 126 cm³/mol. The van der Waals surface area contributed by atoms with Gasteiger partial charge in [-0.2, -0.15) is 8.42 Å². The number of carbonyl (C=O) groups is 2. The van der Waals surface area contributed by atoms with Gasteiger partial charge in [-0.3, -0.25) is 14.1 Å². The Kier molecular flexibility index (Phi) is 17.9. The van der Waals surface area contributed by atoms with E-state index in [0.717, 1.165) is 24.8 Å². The Bertz CT molecular complexity index is 802. The van der Waals surface area contributed by atoms with E-state index in [1.54, 1.807) is 18.2 Å². The first kappa shape index (κ1) is 32.1. The fraction of sp³-hybridized carbons (Fsp3) is 0.667. The van der Waals surface area contributed by atoms with Crippen LogP contribution in [0, 0.1) is 0 Å². The first-order valence-electron chi connectivity index (χ1n) is 11.7. The van der Waals surface area contributed by atoms with Gasteiger partial charge in [0.05, 0.1) is 6.42 Å². The van der Waals surface area contributed by atoms with E-state index in [4.69, 9.17) is 9.84 Å². The molecule has 0 amide bonds. The topological polar surface area (TPSA) is 118 Å². The number of unbranched alkanes of at least 4 members (excludes halogenated alkanes) is 11. The minimum Gasteiger partial charge on any atom is -1.00 e. The number of rotatable bonds is 18. The van der Waals surface area contributed by atoms with Crippen LogP contribution in [0.1, 0.15) is 97.4 Å². The van der Waals surface area contributed by atoms with Crippen molar-refractivity contribution in [3.63, 3.8) is 0 Å². The molecular formula is C24H39NaO7S. The molecule has 33 heavy (non-hydrogen) atoms. The van der Waals surface area contributed by atoms with E-state index in [1.165, 1.54) is 63.9 Å². The molecule has 0 fully saturated rings. The van der Waals surface area contributed by atoms with E-state index < -0.39 is 33.7 Å². The number of para-hydroxylation sites is 1. The maximum atomic E-state index is 12.2. The van der Waals surface area contributed by atoms with Gasteiger partial charge < -0.3 is 11.3 Å². The van der Waals surface area contributed by atoms with Gasteiger partial charge in [0.15, 0.2) is 5.25 Å². The summed E-state index contributed by atoms with van der Waals surface area (Å²) in [6.45, 7) is 2.23. The number of carboxylic acids is 1. The summed E-state index contributed by atoms with van der Waals surface area (Å²) >= 11 is 0. The number of ether oxygens (including phenoxy) is 1. The molecule has 1 rings (SSSR count). The maximum Gasteiger partial charge on any atom is 1.00 e. The number of carbonyl (C=O) groups excluding carboxylic acids is 1. The fourth-order valence-corrected chi connectivity index (χ4v) is 4.25. The molecule has 1 aromatic rings. The molecule has 7 nitrogen and oxygen atoms in total. The number of aliphatic carboxylic acids is 1. The van der Waals surface area contributed by atoms with Crippen molar-refractivity contribution in [2.45, 2.75) is 102 Å². The third-order valence-electron chi connectivity index (χ3n) is 5.47. The maximum absolute atomic E-state index is 12.2. The molecule has 0 saturated heterocycles. The monoisotopic (exact) mass is 494 g/mol. The molecule has 0 aliphatic carbocycles. The Morgan fingerprint density at radius 1 is 0.909 bits per heavy atom. The van der Waals surface area contributed by atoms with Crippen LogP contribution in [0.5, 0.6) is 5.75 Å². The summed E-state index contributed by atoms with van der Waals surface area (Å²) in [6.07, 6.45) is 14.4. The molecule has 0 heterocycles. The van der Waals surface area contributed by atoms with Crippen LogP contribution in [0.15, 0.2) is 24.3 Å². The number of hydrogen-bond donors (Lipinski definition) is 2. The molecule has 1 unspecified atom stereocenters. The van der Waals surface area contributed by atoms with E-state index in [0.29, 0.717) is 6.42 Å². The van der Waals surface area contributed by atoms with E-state index in [1.807, 2.05) is 0 Å². The minimum atomic E-state index is -4.89. The van der Waals surface area contributed by atoms with Crippen LogP contribution in [-0.4, -0.2) is 35.3 Å². The van der Waals surface area contributed by atoms with Crippen molar-refractivity contribution in [1.82, 2.24) is 0 Å². The van der Waals surface area contributed by atoms with Gasteiger partial charge in [0.25, 0.3) is 10.1 Å². The molecule has 184 valence electrons. The van der Waals surface area contributed by atoms with Gasteiger partial charge in [-0.25, -0.2) is 0 Å². The smallest absolute Gasteiger partial charge is 1.00 e. The second-order valence-corrected chi connectivity index (χ2v) is 9.87. The summed E-state index contributed by atoms with van der Waals surface area (Å²) < 4.78 is 37.1. The van der Waals surface area contributed by atoms with Crippen molar-refractivity contribution in [1.29, 1.82) is 0 Å². The van der Waals surface area contributed by atoms with E-state index in [-0.39, 0.29) is 36.7 Å². The molecular weight excluding hydrogens is 455 g/mol.